The monoisotopic (exact) mass is 356 g/mol. The average molecular weight is 356 g/mol. The van der Waals surface area contributed by atoms with Crippen molar-refractivity contribution in [1.82, 2.24) is 9.88 Å². The van der Waals surface area contributed by atoms with Crippen molar-refractivity contribution in [1.29, 1.82) is 0 Å². The van der Waals surface area contributed by atoms with Gasteiger partial charge in [0, 0.05) is 23.9 Å². The number of carbonyl (C=O) groups is 1. The van der Waals surface area contributed by atoms with E-state index in [0.29, 0.717) is 24.6 Å². The molecule has 0 unspecified atom stereocenters. The van der Waals surface area contributed by atoms with Crippen LogP contribution in [0.15, 0.2) is 36.5 Å². The highest BCUT2D eigenvalue weighted by molar-refractivity contribution is 5.94. The van der Waals surface area contributed by atoms with Crippen LogP contribution >= 0.6 is 0 Å². The van der Waals surface area contributed by atoms with E-state index in [0.717, 1.165) is 29.9 Å². The zero-order valence-corrected chi connectivity index (χ0v) is 15.4. The van der Waals surface area contributed by atoms with Gasteiger partial charge < -0.3 is 19.1 Å². The van der Waals surface area contributed by atoms with Crippen LogP contribution in [0.5, 0.6) is 17.4 Å². The van der Waals surface area contributed by atoms with E-state index in [1.807, 2.05) is 30.0 Å². The van der Waals surface area contributed by atoms with Crippen molar-refractivity contribution >= 4 is 5.91 Å². The predicted molar refractivity (Wildman–Crippen MR) is 97.8 cm³/mol. The molecule has 2 aromatic rings. The number of nitrogens with zero attached hydrogens (tertiary/aromatic N) is 2. The zero-order chi connectivity index (χ0) is 18.5. The minimum Gasteiger partial charge on any atom is -0.497 e. The zero-order valence-electron chi connectivity index (χ0n) is 15.4. The Balaban J connectivity index is 1.82. The van der Waals surface area contributed by atoms with Gasteiger partial charge in [-0.1, -0.05) is 0 Å². The summed E-state index contributed by atoms with van der Waals surface area (Å²) < 4.78 is 16.1. The van der Waals surface area contributed by atoms with Crippen molar-refractivity contribution in [2.45, 2.75) is 32.4 Å². The first kappa shape index (κ1) is 18.0. The number of hydrogen-bond donors (Lipinski definition) is 0. The van der Waals surface area contributed by atoms with E-state index in [2.05, 4.69) is 4.98 Å². The molecule has 0 radical (unpaired) electrons. The van der Waals surface area contributed by atoms with Gasteiger partial charge in [-0.25, -0.2) is 4.98 Å². The molecule has 26 heavy (non-hydrogen) atoms. The van der Waals surface area contributed by atoms with E-state index in [1.165, 1.54) is 0 Å². The van der Waals surface area contributed by atoms with E-state index in [9.17, 15) is 4.79 Å². The van der Waals surface area contributed by atoms with Crippen molar-refractivity contribution in [3.63, 3.8) is 0 Å². The highest BCUT2D eigenvalue weighted by atomic mass is 16.5. The second-order valence-corrected chi connectivity index (χ2v) is 6.16. The fourth-order valence-corrected chi connectivity index (χ4v) is 2.85. The maximum Gasteiger partial charge on any atom is 0.255 e. The van der Waals surface area contributed by atoms with Gasteiger partial charge in [0.25, 0.3) is 5.91 Å². The van der Waals surface area contributed by atoms with Gasteiger partial charge in [-0.3, -0.25) is 4.79 Å². The van der Waals surface area contributed by atoms with Crippen LogP contribution < -0.4 is 14.2 Å². The van der Waals surface area contributed by atoms with Crippen LogP contribution in [-0.4, -0.2) is 42.7 Å². The lowest BCUT2D eigenvalue weighted by atomic mass is 10.1. The third-order valence-electron chi connectivity index (χ3n) is 4.35. The lowest BCUT2D eigenvalue weighted by molar-refractivity contribution is 0.0728. The molecule has 1 heterocycles. The van der Waals surface area contributed by atoms with Crippen molar-refractivity contribution in [2.24, 2.45) is 0 Å². The summed E-state index contributed by atoms with van der Waals surface area (Å²) in [7, 11) is 3.26. The molecule has 1 fully saturated rings. The molecular formula is C20H24N2O4. The fourth-order valence-electron chi connectivity index (χ4n) is 2.85. The normalized spacial score (nSPS) is 13.2. The molecule has 0 N–H and O–H groups in total. The maximum atomic E-state index is 13.0. The molecule has 0 atom stereocenters. The molecule has 1 aromatic heterocycles. The van der Waals surface area contributed by atoms with Crippen LogP contribution in [0.4, 0.5) is 0 Å². The molecule has 138 valence electrons. The van der Waals surface area contributed by atoms with Gasteiger partial charge in [0.2, 0.25) is 5.88 Å². The molecule has 0 bridgehead atoms. The van der Waals surface area contributed by atoms with E-state index in [4.69, 9.17) is 14.2 Å². The number of methoxy groups -OCH3 is 2. The quantitative estimate of drug-likeness (QED) is 0.726. The smallest absolute Gasteiger partial charge is 0.255 e. The van der Waals surface area contributed by atoms with Crippen LogP contribution in [0.25, 0.3) is 0 Å². The molecule has 6 nitrogen and oxygen atoms in total. The van der Waals surface area contributed by atoms with Crippen molar-refractivity contribution in [2.75, 3.05) is 20.8 Å². The highest BCUT2D eigenvalue weighted by Crippen LogP contribution is 2.33. The van der Waals surface area contributed by atoms with Gasteiger partial charge in [-0.15, -0.1) is 0 Å². The Kier molecular flexibility index (Phi) is 5.61. The lowest BCUT2D eigenvalue weighted by Crippen LogP contribution is -2.32. The van der Waals surface area contributed by atoms with Gasteiger partial charge in [0.05, 0.1) is 32.9 Å². The summed E-state index contributed by atoms with van der Waals surface area (Å²) in [6.45, 7) is 2.91. The number of carbonyl (C=O) groups excluding carboxylic acids is 1. The van der Waals surface area contributed by atoms with E-state index >= 15 is 0 Å². The standard InChI is InChI=1S/C20H24N2O4/c1-4-26-19-10-5-14(12-21-19)20(23)22(16-6-7-16)13-15-11-17(24-2)8-9-18(15)25-3/h5,8-12,16H,4,6-7,13H2,1-3H3. The second-order valence-electron chi connectivity index (χ2n) is 6.16. The number of benzene rings is 1. The Hall–Kier alpha value is -2.76. The Morgan fingerprint density at radius 3 is 2.58 bits per heavy atom. The van der Waals surface area contributed by atoms with Gasteiger partial charge in [-0.05, 0) is 44.0 Å². The molecule has 1 aliphatic rings. The van der Waals surface area contributed by atoms with Crippen molar-refractivity contribution in [3.8, 4) is 17.4 Å². The number of rotatable bonds is 8. The molecular weight excluding hydrogens is 332 g/mol. The van der Waals surface area contributed by atoms with E-state index < -0.39 is 0 Å². The van der Waals surface area contributed by atoms with E-state index in [-0.39, 0.29) is 11.9 Å². The first-order chi connectivity index (χ1) is 12.7. The maximum absolute atomic E-state index is 13.0. The highest BCUT2D eigenvalue weighted by Gasteiger charge is 2.33. The number of aromatic nitrogens is 1. The van der Waals surface area contributed by atoms with Crippen molar-refractivity contribution in [3.05, 3.63) is 47.7 Å². The third-order valence-corrected chi connectivity index (χ3v) is 4.35. The summed E-state index contributed by atoms with van der Waals surface area (Å²) in [6, 6.07) is 9.37. The number of hydrogen-bond acceptors (Lipinski definition) is 5. The molecule has 0 spiro atoms. The Labute approximate surface area is 153 Å². The van der Waals surface area contributed by atoms with E-state index in [1.54, 1.807) is 32.5 Å². The molecule has 1 aliphatic carbocycles. The van der Waals surface area contributed by atoms with Gasteiger partial charge in [0.1, 0.15) is 11.5 Å². The predicted octanol–water partition coefficient (Wildman–Crippen LogP) is 3.30. The number of ether oxygens (including phenoxy) is 3. The largest absolute Gasteiger partial charge is 0.497 e. The number of pyridine rings is 1. The summed E-state index contributed by atoms with van der Waals surface area (Å²) in [6.07, 6.45) is 3.61. The van der Waals surface area contributed by atoms with Crippen LogP contribution in [-0.2, 0) is 6.54 Å². The first-order valence-corrected chi connectivity index (χ1v) is 8.77. The second kappa shape index (κ2) is 8.08. The summed E-state index contributed by atoms with van der Waals surface area (Å²) in [4.78, 5) is 19.1. The van der Waals surface area contributed by atoms with Crippen LogP contribution in [0, 0.1) is 0 Å². The molecule has 0 saturated heterocycles. The van der Waals surface area contributed by atoms with Gasteiger partial charge in [-0.2, -0.15) is 0 Å². The molecule has 1 aromatic carbocycles. The van der Waals surface area contributed by atoms with Gasteiger partial charge >= 0.3 is 0 Å². The van der Waals surface area contributed by atoms with Crippen molar-refractivity contribution < 1.29 is 19.0 Å². The SMILES string of the molecule is CCOc1ccc(C(=O)N(Cc2cc(OC)ccc2OC)C2CC2)cn1. The Morgan fingerprint density at radius 1 is 1.19 bits per heavy atom. The Morgan fingerprint density at radius 2 is 2.00 bits per heavy atom. The first-order valence-electron chi connectivity index (χ1n) is 8.77. The molecule has 1 amide bonds. The summed E-state index contributed by atoms with van der Waals surface area (Å²) in [5, 5.41) is 0. The number of amides is 1. The third kappa shape index (κ3) is 4.07. The lowest BCUT2D eigenvalue weighted by Gasteiger charge is -2.24. The summed E-state index contributed by atoms with van der Waals surface area (Å²) in [5.41, 5.74) is 1.48. The topological polar surface area (TPSA) is 60.9 Å². The van der Waals surface area contributed by atoms with Crippen LogP contribution in [0.1, 0.15) is 35.7 Å². The summed E-state index contributed by atoms with van der Waals surface area (Å²) >= 11 is 0. The summed E-state index contributed by atoms with van der Waals surface area (Å²) in [5.74, 6) is 1.98. The van der Waals surface area contributed by atoms with Gasteiger partial charge in [0.15, 0.2) is 0 Å². The van der Waals surface area contributed by atoms with Crippen LogP contribution in [0.2, 0.25) is 0 Å². The minimum atomic E-state index is -0.0343. The average Bonchev–Trinajstić information content (AvgIpc) is 3.51. The minimum absolute atomic E-state index is 0.0343. The fraction of sp³-hybridized carbons (Fsp3) is 0.400. The molecule has 0 aliphatic heterocycles. The molecule has 6 heteroatoms. The molecule has 1 saturated carbocycles. The van der Waals surface area contributed by atoms with Crippen LogP contribution in [0.3, 0.4) is 0 Å². The molecule has 3 rings (SSSR count). The Bertz CT molecular complexity index is 757.